The summed E-state index contributed by atoms with van der Waals surface area (Å²) in [6.45, 7) is 4.60. The van der Waals surface area contributed by atoms with E-state index in [1.54, 1.807) is 18.0 Å². The standard InChI is InChI=1S/C19H21N5O3/c1-4-5-11-23(3)18-17(24(25)26)19(21-12-20-18)27-15-8-6-7-14-10-9-13(2)22-16(14)15/h6-10,12H,4-5,11H2,1-3H3. The maximum absolute atomic E-state index is 11.7. The fourth-order valence-electron chi connectivity index (χ4n) is 2.77. The lowest BCUT2D eigenvalue weighted by Crippen LogP contribution is -2.21. The Kier molecular flexibility index (Phi) is 5.44. The van der Waals surface area contributed by atoms with Crippen molar-refractivity contribution in [2.75, 3.05) is 18.5 Å². The van der Waals surface area contributed by atoms with Crippen molar-refractivity contribution >= 4 is 22.4 Å². The van der Waals surface area contributed by atoms with Crippen LogP contribution in [0.5, 0.6) is 11.6 Å². The SMILES string of the molecule is CCCCN(C)c1ncnc(Oc2cccc3ccc(C)nc23)c1[N+](=O)[O-]. The molecule has 3 rings (SSSR count). The minimum absolute atomic E-state index is 0.0934. The molecule has 0 unspecified atom stereocenters. The molecular formula is C19H21N5O3. The molecule has 0 bridgehead atoms. The molecule has 0 spiro atoms. The third kappa shape index (κ3) is 3.94. The first-order valence-electron chi connectivity index (χ1n) is 8.76. The summed E-state index contributed by atoms with van der Waals surface area (Å²) >= 11 is 0. The van der Waals surface area contributed by atoms with Gasteiger partial charge in [0.1, 0.15) is 11.8 Å². The van der Waals surface area contributed by atoms with E-state index >= 15 is 0 Å². The summed E-state index contributed by atoms with van der Waals surface area (Å²) in [5.74, 6) is 0.562. The number of aromatic nitrogens is 3. The average molecular weight is 367 g/mol. The van der Waals surface area contributed by atoms with Gasteiger partial charge in [-0.05, 0) is 25.5 Å². The summed E-state index contributed by atoms with van der Waals surface area (Å²) in [4.78, 5) is 25.6. The molecule has 0 aliphatic carbocycles. The normalized spacial score (nSPS) is 10.8. The Morgan fingerprint density at radius 1 is 1.22 bits per heavy atom. The van der Waals surface area contributed by atoms with Crippen LogP contribution in [0.2, 0.25) is 0 Å². The first-order valence-corrected chi connectivity index (χ1v) is 8.76. The second-order valence-corrected chi connectivity index (χ2v) is 6.27. The topological polar surface area (TPSA) is 94.3 Å². The molecule has 0 fully saturated rings. The Labute approximate surface area is 157 Å². The van der Waals surface area contributed by atoms with E-state index < -0.39 is 4.92 Å². The van der Waals surface area contributed by atoms with Gasteiger partial charge in [-0.2, -0.15) is 4.98 Å². The van der Waals surface area contributed by atoms with Crippen molar-refractivity contribution in [2.24, 2.45) is 0 Å². The molecule has 0 aliphatic rings. The molecule has 0 aliphatic heterocycles. The second-order valence-electron chi connectivity index (χ2n) is 6.27. The highest BCUT2D eigenvalue weighted by atomic mass is 16.6. The summed E-state index contributed by atoms with van der Waals surface area (Å²) in [5.41, 5.74) is 1.21. The molecule has 1 aromatic carbocycles. The van der Waals surface area contributed by atoms with E-state index in [1.807, 2.05) is 31.2 Å². The number of fused-ring (bicyclic) bond motifs is 1. The molecule has 8 heteroatoms. The Morgan fingerprint density at radius 2 is 2.04 bits per heavy atom. The van der Waals surface area contributed by atoms with Gasteiger partial charge in [-0.3, -0.25) is 10.1 Å². The van der Waals surface area contributed by atoms with Crippen LogP contribution in [0.15, 0.2) is 36.7 Å². The van der Waals surface area contributed by atoms with Crippen molar-refractivity contribution in [1.82, 2.24) is 15.0 Å². The molecule has 3 aromatic rings. The number of unbranched alkanes of at least 4 members (excludes halogenated alkanes) is 1. The van der Waals surface area contributed by atoms with Gasteiger partial charge in [-0.25, -0.2) is 9.97 Å². The maximum atomic E-state index is 11.7. The van der Waals surface area contributed by atoms with Crippen molar-refractivity contribution in [3.05, 3.63) is 52.5 Å². The van der Waals surface area contributed by atoms with Crippen LogP contribution in [0.25, 0.3) is 10.9 Å². The number of aryl methyl sites for hydroxylation is 1. The summed E-state index contributed by atoms with van der Waals surface area (Å²) in [7, 11) is 1.78. The van der Waals surface area contributed by atoms with E-state index in [4.69, 9.17) is 4.74 Å². The van der Waals surface area contributed by atoms with E-state index in [0.29, 0.717) is 17.8 Å². The van der Waals surface area contributed by atoms with E-state index in [9.17, 15) is 10.1 Å². The fourth-order valence-corrected chi connectivity index (χ4v) is 2.77. The zero-order valence-electron chi connectivity index (χ0n) is 15.5. The molecule has 2 heterocycles. The molecule has 0 saturated carbocycles. The number of hydrogen-bond donors (Lipinski definition) is 0. The number of benzene rings is 1. The lowest BCUT2D eigenvalue weighted by molar-refractivity contribution is -0.385. The van der Waals surface area contributed by atoms with Gasteiger partial charge in [-0.15, -0.1) is 0 Å². The molecule has 2 aromatic heterocycles. The van der Waals surface area contributed by atoms with Crippen molar-refractivity contribution < 1.29 is 9.66 Å². The number of hydrogen-bond acceptors (Lipinski definition) is 7. The molecule has 0 N–H and O–H groups in total. The lowest BCUT2D eigenvalue weighted by Gasteiger charge is -2.18. The third-order valence-electron chi connectivity index (χ3n) is 4.19. The summed E-state index contributed by atoms with van der Waals surface area (Å²) in [6.07, 6.45) is 3.16. The lowest BCUT2D eigenvalue weighted by atomic mass is 10.2. The van der Waals surface area contributed by atoms with E-state index in [-0.39, 0.29) is 17.4 Å². The smallest absolute Gasteiger partial charge is 0.373 e. The summed E-state index contributed by atoms with van der Waals surface area (Å²) in [6, 6.07) is 9.28. The molecular weight excluding hydrogens is 346 g/mol. The molecule has 0 radical (unpaired) electrons. The van der Waals surface area contributed by atoms with Crippen LogP contribution in [0.3, 0.4) is 0 Å². The number of nitrogens with zero attached hydrogens (tertiary/aromatic N) is 5. The minimum atomic E-state index is -0.503. The van der Waals surface area contributed by atoms with Crippen LogP contribution in [0, 0.1) is 17.0 Å². The van der Waals surface area contributed by atoms with Crippen LogP contribution < -0.4 is 9.64 Å². The zero-order valence-corrected chi connectivity index (χ0v) is 15.5. The molecule has 0 amide bonds. The molecule has 0 saturated heterocycles. The number of rotatable bonds is 7. The number of nitro groups is 1. The molecule has 140 valence electrons. The van der Waals surface area contributed by atoms with Crippen LogP contribution >= 0.6 is 0 Å². The highest BCUT2D eigenvalue weighted by Crippen LogP contribution is 2.37. The Bertz CT molecular complexity index is 977. The van der Waals surface area contributed by atoms with Gasteiger partial charge in [0.15, 0.2) is 5.75 Å². The van der Waals surface area contributed by atoms with Crippen molar-refractivity contribution in [3.63, 3.8) is 0 Å². The maximum Gasteiger partial charge on any atom is 0.373 e. The van der Waals surface area contributed by atoms with Gasteiger partial charge in [-0.1, -0.05) is 31.5 Å². The van der Waals surface area contributed by atoms with E-state index in [0.717, 1.165) is 23.9 Å². The highest BCUT2D eigenvalue weighted by Gasteiger charge is 2.27. The van der Waals surface area contributed by atoms with Gasteiger partial charge in [0.2, 0.25) is 5.82 Å². The Hall–Kier alpha value is -3.29. The van der Waals surface area contributed by atoms with Gasteiger partial charge in [0.05, 0.1) is 4.92 Å². The van der Waals surface area contributed by atoms with E-state index in [1.165, 1.54) is 6.33 Å². The summed E-state index contributed by atoms with van der Waals surface area (Å²) in [5, 5.41) is 12.6. The van der Waals surface area contributed by atoms with Crippen molar-refractivity contribution in [1.29, 1.82) is 0 Å². The quantitative estimate of drug-likeness (QED) is 0.454. The molecule has 27 heavy (non-hydrogen) atoms. The highest BCUT2D eigenvalue weighted by molar-refractivity contribution is 5.85. The minimum Gasteiger partial charge on any atom is -0.431 e. The van der Waals surface area contributed by atoms with Gasteiger partial charge >= 0.3 is 11.6 Å². The van der Waals surface area contributed by atoms with Gasteiger partial charge in [0, 0.05) is 24.7 Å². The number of para-hydroxylation sites is 1. The molecule has 8 nitrogen and oxygen atoms in total. The first kappa shape index (κ1) is 18.5. The number of pyridine rings is 1. The summed E-state index contributed by atoms with van der Waals surface area (Å²) < 4.78 is 5.85. The number of anilines is 1. The zero-order chi connectivity index (χ0) is 19.4. The largest absolute Gasteiger partial charge is 0.431 e. The first-order chi connectivity index (χ1) is 13.0. The Morgan fingerprint density at radius 3 is 2.78 bits per heavy atom. The van der Waals surface area contributed by atoms with E-state index in [2.05, 4.69) is 21.9 Å². The van der Waals surface area contributed by atoms with Crippen molar-refractivity contribution in [3.8, 4) is 11.6 Å². The van der Waals surface area contributed by atoms with Crippen LogP contribution in [0.4, 0.5) is 11.5 Å². The third-order valence-corrected chi connectivity index (χ3v) is 4.19. The number of ether oxygens (including phenoxy) is 1. The average Bonchev–Trinajstić information content (AvgIpc) is 2.66. The fraction of sp³-hybridized carbons (Fsp3) is 0.316. The monoisotopic (exact) mass is 367 g/mol. The predicted octanol–water partition coefficient (Wildman–Crippen LogP) is 4.27. The van der Waals surface area contributed by atoms with Crippen molar-refractivity contribution in [2.45, 2.75) is 26.7 Å². The predicted molar refractivity (Wildman–Crippen MR) is 103 cm³/mol. The van der Waals surface area contributed by atoms with Crippen LogP contribution in [0.1, 0.15) is 25.5 Å². The van der Waals surface area contributed by atoms with Crippen LogP contribution in [-0.2, 0) is 0 Å². The van der Waals surface area contributed by atoms with Gasteiger partial charge < -0.3 is 9.64 Å². The Balaban J connectivity index is 2.05. The van der Waals surface area contributed by atoms with Crippen LogP contribution in [-0.4, -0.2) is 33.5 Å². The van der Waals surface area contributed by atoms with Gasteiger partial charge in [0.25, 0.3) is 0 Å². The molecule has 0 atom stereocenters. The second kappa shape index (κ2) is 7.94.